The summed E-state index contributed by atoms with van der Waals surface area (Å²) in [6.07, 6.45) is -0.851. The van der Waals surface area contributed by atoms with E-state index in [4.69, 9.17) is 29.2 Å². The average Bonchev–Trinajstić information content (AvgIpc) is 3.51. The fraction of sp³-hybridized carbons (Fsp3) is 0.389. The Morgan fingerprint density at radius 3 is 1.88 bits per heavy atom. The van der Waals surface area contributed by atoms with Gasteiger partial charge in [0, 0.05) is 12.6 Å². The zero-order chi connectivity index (χ0) is 35.4. The third-order valence-electron chi connectivity index (χ3n) is 8.57. The van der Waals surface area contributed by atoms with Crippen LogP contribution in [0.15, 0.2) is 95.9 Å². The highest BCUT2D eigenvalue weighted by Crippen LogP contribution is 2.43. The van der Waals surface area contributed by atoms with E-state index in [1.54, 1.807) is 14.2 Å². The number of nitrogen functional groups attached to an aromatic ring is 1. The molecule has 0 spiro atoms. The third-order valence-corrected chi connectivity index (χ3v) is 9.08. The molecule has 1 fully saturated rings. The average molecular weight is 695 g/mol. The van der Waals surface area contributed by atoms with Crippen molar-refractivity contribution in [2.75, 3.05) is 46.2 Å². The van der Waals surface area contributed by atoms with Crippen molar-refractivity contribution >= 4 is 14.1 Å². The molecule has 264 valence electrons. The number of rotatable bonds is 14. The molecular weight excluding hydrogens is 647 g/mol. The lowest BCUT2D eigenvalue weighted by Gasteiger charge is -2.37. The summed E-state index contributed by atoms with van der Waals surface area (Å²) >= 11 is 0. The summed E-state index contributed by atoms with van der Waals surface area (Å²) in [6.45, 7) is 10.1. The van der Waals surface area contributed by atoms with Crippen LogP contribution in [0.4, 0.5) is 5.82 Å². The van der Waals surface area contributed by atoms with Crippen LogP contribution in [-0.4, -0.2) is 72.0 Å². The molecule has 0 bridgehead atoms. The lowest BCUT2D eigenvalue weighted by atomic mass is 9.80. The lowest BCUT2D eigenvalue weighted by molar-refractivity contribution is -0.0917. The van der Waals surface area contributed by atoms with E-state index in [-0.39, 0.29) is 18.8 Å². The molecular formula is C36H47N4O8P. The number of ether oxygens (including phenoxy) is 4. The first-order valence-electron chi connectivity index (χ1n) is 16.3. The third kappa shape index (κ3) is 9.36. The standard InChI is InChI=1S/C30H32N3O8P.C6H15N/c1-37-23-12-8-21(9-13-23)30(20-6-4-3-5-7-20,22-10-14-24(38-2)15-11-22)39-19-26-25(41-42(35)36)18-28(40-26)33-17-16-27(31)32-29(33)34;1-4-7(5-2)6-3/h3-17,25-26,28,42H,18-19H2,1-2H3,(H,35,36)(H2,31,32,34);4-6H2,1-3H3/t25-,26+,28+;/m0./s1. The Kier molecular flexibility index (Phi) is 14.0. The summed E-state index contributed by atoms with van der Waals surface area (Å²) < 4.78 is 42.4. The van der Waals surface area contributed by atoms with Crippen LogP contribution in [0.5, 0.6) is 11.5 Å². The first kappa shape index (κ1) is 37.8. The topological polar surface area (TPSA) is 148 Å². The van der Waals surface area contributed by atoms with Gasteiger partial charge >= 0.3 is 13.9 Å². The van der Waals surface area contributed by atoms with Gasteiger partial charge in [-0.2, -0.15) is 4.98 Å². The normalized spacial score (nSPS) is 18.1. The Labute approximate surface area is 288 Å². The second-order valence-electron chi connectivity index (χ2n) is 11.3. The van der Waals surface area contributed by atoms with Gasteiger partial charge in [-0.05, 0) is 66.7 Å². The molecule has 13 heteroatoms. The monoisotopic (exact) mass is 694 g/mol. The van der Waals surface area contributed by atoms with Crippen LogP contribution in [0.25, 0.3) is 0 Å². The number of nitrogens with zero attached hydrogens (tertiary/aromatic N) is 3. The van der Waals surface area contributed by atoms with E-state index < -0.39 is 38.0 Å². The minimum atomic E-state index is -3.33. The molecule has 1 aliphatic rings. The molecule has 0 radical (unpaired) electrons. The molecule has 2 heterocycles. The first-order valence-corrected chi connectivity index (χ1v) is 17.6. The fourth-order valence-electron chi connectivity index (χ4n) is 5.87. The zero-order valence-corrected chi connectivity index (χ0v) is 29.7. The molecule has 0 saturated carbocycles. The number of aromatic nitrogens is 2. The van der Waals surface area contributed by atoms with E-state index in [9.17, 15) is 14.3 Å². The molecule has 4 atom stereocenters. The molecule has 1 saturated heterocycles. The van der Waals surface area contributed by atoms with Gasteiger partial charge in [-0.15, -0.1) is 0 Å². The smallest absolute Gasteiger partial charge is 0.351 e. The maximum atomic E-state index is 12.5. The predicted molar refractivity (Wildman–Crippen MR) is 189 cm³/mol. The van der Waals surface area contributed by atoms with E-state index in [1.165, 1.54) is 36.5 Å². The molecule has 49 heavy (non-hydrogen) atoms. The van der Waals surface area contributed by atoms with E-state index in [0.29, 0.717) is 11.5 Å². The van der Waals surface area contributed by atoms with Crippen LogP contribution in [0.2, 0.25) is 0 Å². The van der Waals surface area contributed by atoms with Gasteiger partial charge in [-0.1, -0.05) is 75.4 Å². The van der Waals surface area contributed by atoms with Crippen molar-refractivity contribution in [3.8, 4) is 11.5 Å². The molecule has 3 aromatic carbocycles. The van der Waals surface area contributed by atoms with E-state index in [2.05, 4.69) is 30.7 Å². The van der Waals surface area contributed by atoms with Crippen molar-refractivity contribution in [1.82, 2.24) is 14.5 Å². The van der Waals surface area contributed by atoms with Crippen LogP contribution in [-0.2, 0) is 24.2 Å². The van der Waals surface area contributed by atoms with Gasteiger partial charge in [-0.25, -0.2) is 4.79 Å². The van der Waals surface area contributed by atoms with E-state index in [1.807, 2.05) is 78.9 Å². The van der Waals surface area contributed by atoms with Crippen molar-refractivity contribution in [1.29, 1.82) is 0 Å². The Bertz CT molecular complexity index is 1610. The molecule has 5 rings (SSSR count). The van der Waals surface area contributed by atoms with E-state index in [0.717, 1.165) is 16.7 Å². The molecule has 3 N–H and O–H groups in total. The number of hydrogen-bond donors (Lipinski definition) is 2. The Hall–Kier alpha value is -4.03. The second kappa shape index (κ2) is 18.1. The largest absolute Gasteiger partial charge is 0.497 e. The number of nitrogens with two attached hydrogens (primary N) is 1. The van der Waals surface area contributed by atoms with Gasteiger partial charge in [0.25, 0.3) is 0 Å². The lowest BCUT2D eigenvalue weighted by Crippen LogP contribution is -2.38. The highest BCUT2D eigenvalue weighted by atomic mass is 31.1. The van der Waals surface area contributed by atoms with Crippen molar-refractivity contribution in [2.24, 2.45) is 0 Å². The van der Waals surface area contributed by atoms with Gasteiger partial charge in [0.15, 0.2) is 0 Å². The van der Waals surface area contributed by atoms with Gasteiger partial charge in [-0.3, -0.25) is 9.13 Å². The molecule has 1 aliphatic heterocycles. The maximum absolute atomic E-state index is 12.5. The number of benzene rings is 3. The van der Waals surface area contributed by atoms with Crippen molar-refractivity contribution in [3.05, 3.63) is 118 Å². The van der Waals surface area contributed by atoms with Crippen LogP contribution >= 0.6 is 8.25 Å². The summed E-state index contributed by atoms with van der Waals surface area (Å²) in [6, 6.07) is 26.3. The van der Waals surface area contributed by atoms with Gasteiger partial charge < -0.3 is 39.0 Å². The van der Waals surface area contributed by atoms with Crippen LogP contribution < -0.4 is 20.9 Å². The van der Waals surface area contributed by atoms with Crippen LogP contribution in [0, 0.1) is 0 Å². The highest BCUT2D eigenvalue weighted by Gasteiger charge is 2.43. The Balaban J connectivity index is 0.000000698. The quantitative estimate of drug-likeness (QED) is 0.132. The maximum Gasteiger partial charge on any atom is 0.351 e. The summed E-state index contributed by atoms with van der Waals surface area (Å²) in [7, 11) is -0.132. The van der Waals surface area contributed by atoms with Crippen LogP contribution in [0.1, 0.15) is 50.1 Å². The first-order chi connectivity index (χ1) is 23.7. The van der Waals surface area contributed by atoms with Crippen molar-refractivity contribution < 1.29 is 32.9 Å². The van der Waals surface area contributed by atoms with Crippen molar-refractivity contribution in [2.45, 2.75) is 51.2 Å². The predicted octanol–water partition coefficient (Wildman–Crippen LogP) is 5.25. The summed E-state index contributed by atoms with van der Waals surface area (Å²) in [5.74, 6) is 1.44. The Morgan fingerprint density at radius 2 is 1.43 bits per heavy atom. The molecule has 0 amide bonds. The molecule has 1 aromatic heterocycles. The number of methoxy groups -OCH3 is 2. The zero-order valence-electron chi connectivity index (χ0n) is 28.7. The van der Waals surface area contributed by atoms with Gasteiger partial charge in [0.05, 0.1) is 26.9 Å². The van der Waals surface area contributed by atoms with E-state index >= 15 is 0 Å². The summed E-state index contributed by atoms with van der Waals surface area (Å²) in [5, 5.41) is 0. The van der Waals surface area contributed by atoms with Crippen LogP contribution in [0.3, 0.4) is 0 Å². The van der Waals surface area contributed by atoms with Crippen molar-refractivity contribution in [3.63, 3.8) is 0 Å². The molecule has 12 nitrogen and oxygen atoms in total. The molecule has 0 aliphatic carbocycles. The number of hydrogen-bond acceptors (Lipinski definition) is 10. The van der Waals surface area contributed by atoms with Gasteiger partial charge in [0.2, 0.25) is 0 Å². The summed E-state index contributed by atoms with van der Waals surface area (Å²) in [5.41, 5.74) is 6.35. The fourth-order valence-corrected chi connectivity index (χ4v) is 6.38. The molecule has 1 unspecified atom stereocenters. The minimum Gasteiger partial charge on any atom is -0.497 e. The SMILES string of the molecule is CCN(CC)CC.COc1ccc(C(OC[C@H]2O[C@@H](n3ccc(N)nc3=O)C[C@@H]2O[PH](=O)O)(c2ccccc2)c2ccc(OC)cc2)cc1. The Morgan fingerprint density at radius 1 is 0.898 bits per heavy atom. The highest BCUT2D eigenvalue weighted by molar-refractivity contribution is 7.32. The number of anilines is 1. The summed E-state index contributed by atoms with van der Waals surface area (Å²) in [4.78, 5) is 28.3. The minimum absolute atomic E-state index is 0.0551. The molecule has 4 aromatic rings. The second-order valence-corrected chi connectivity index (χ2v) is 12.0. The van der Waals surface area contributed by atoms with Gasteiger partial charge in [0.1, 0.15) is 35.2 Å².